The van der Waals surface area contributed by atoms with E-state index in [1.165, 1.54) is 12.1 Å². The van der Waals surface area contributed by atoms with Crippen molar-refractivity contribution in [2.24, 2.45) is 0 Å². The van der Waals surface area contributed by atoms with Gasteiger partial charge in [-0.2, -0.15) is 18.4 Å². The van der Waals surface area contributed by atoms with E-state index >= 15 is 0 Å². The summed E-state index contributed by atoms with van der Waals surface area (Å²) in [5, 5.41) is 8.70. The van der Waals surface area contributed by atoms with Gasteiger partial charge in [0.15, 0.2) is 0 Å². The Morgan fingerprint density at radius 1 is 1.39 bits per heavy atom. The highest BCUT2D eigenvalue weighted by molar-refractivity contribution is 5.44. The summed E-state index contributed by atoms with van der Waals surface area (Å²) in [6, 6.07) is 4.72. The number of allylic oxidation sites excluding steroid dienone is 1. The quantitative estimate of drug-likeness (QED) is 0.590. The number of nitrogens with zero attached hydrogens (tertiary/aromatic N) is 1. The molecule has 0 aromatic heterocycles. The van der Waals surface area contributed by atoms with Crippen molar-refractivity contribution in [1.82, 2.24) is 0 Å². The number of benzene rings is 1. The zero-order valence-electron chi connectivity index (χ0n) is 9.63. The molecule has 0 N–H and O–H groups in total. The van der Waals surface area contributed by atoms with Crippen LogP contribution in [0.15, 0.2) is 30.9 Å². The van der Waals surface area contributed by atoms with Crippen LogP contribution in [0.3, 0.4) is 0 Å². The maximum Gasteiger partial charge on any atom is 0.417 e. The monoisotopic (exact) mass is 255 g/mol. The molecule has 96 valence electrons. The zero-order chi connectivity index (χ0) is 13.6. The van der Waals surface area contributed by atoms with Crippen molar-refractivity contribution in [2.45, 2.75) is 19.0 Å². The van der Waals surface area contributed by atoms with Crippen LogP contribution in [0, 0.1) is 11.3 Å². The number of rotatable bonds is 5. The molecule has 0 radical (unpaired) electrons. The summed E-state index contributed by atoms with van der Waals surface area (Å²) >= 11 is 0. The van der Waals surface area contributed by atoms with Crippen LogP contribution in [0.4, 0.5) is 13.2 Å². The number of halogens is 3. The van der Waals surface area contributed by atoms with E-state index in [4.69, 9.17) is 10.00 Å². The molecular weight excluding hydrogens is 243 g/mol. The van der Waals surface area contributed by atoms with Gasteiger partial charge in [0.05, 0.1) is 23.8 Å². The highest BCUT2D eigenvalue weighted by Crippen LogP contribution is 2.33. The maximum absolute atomic E-state index is 12.5. The van der Waals surface area contributed by atoms with Crippen LogP contribution in [0.2, 0.25) is 0 Å². The van der Waals surface area contributed by atoms with Gasteiger partial charge in [0.1, 0.15) is 5.75 Å². The Morgan fingerprint density at radius 2 is 2.11 bits per heavy atom. The fourth-order valence-corrected chi connectivity index (χ4v) is 1.37. The van der Waals surface area contributed by atoms with Gasteiger partial charge in [-0.1, -0.05) is 6.08 Å². The van der Waals surface area contributed by atoms with E-state index in [1.807, 2.05) is 0 Å². The molecule has 0 aliphatic rings. The number of alkyl halides is 3. The van der Waals surface area contributed by atoms with Crippen molar-refractivity contribution >= 4 is 0 Å². The largest absolute Gasteiger partial charge is 0.494 e. The molecule has 0 heterocycles. The summed E-state index contributed by atoms with van der Waals surface area (Å²) in [5.74, 6) is 0.267. The first-order valence-electron chi connectivity index (χ1n) is 5.34. The first-order valence-corrected chi connectivity index (χ1v) is 5.34. The molecule has 0 saturated heterocycles. The molecule has 0 aliphatic carbocycles. The lowest BCUT2D eigenvalue weighted by Gasteiger charge is -2.11. The van der Waals surface area contributed by atoms with Gasteiger partial charge in [-0.25, -0.2) is 0 Å². The molecule has 0 saturated carbocycles. The highest BCUT2D eigenvalue weighted by Gasteiger charge is 2.33. The molecular formula is C13H12F3NO. The second kappa shape index (κ2) is 6.10. The first kappa shape index (κ1) is 14.1. The summed E-state index contributed by atoms with van der Waals surface area (Å²) in [6.45, 7) is 3.92. The van der Waals surface area contributed by atoms with Gasteiger partial charge in [-0.05, 0) is 31.0 Å². The highest BCUT2D eigenvalue weighted by atomic mass is 19.4. The van der Waals surface area contributed by atoms with E-state index in [-0.39, 0.29) is 5.75 Å². The summed E-state index contributed by atoms with van der Waals surface area (Å²) in [5.41, 5.74) is -1.37. The number of hydrogen-bond acceptors (Lipinski definition) is 2. The van der Waals surface area contributed by atoms with Crippen molar-refractivity contribution in [3.8, 4) is 11.8 Å². The van der Waals surface area contributed by atoms with Gasteiger partial charge in [0, 0.05) is 0 Å². The van der Waals surface area contributed by atoms with Crippen molar-refractivity contribution < 1.29 is 17.9 Å². The van der Waals surface area contributed by atoms with Crippen LogP contribution in [-0.4, -0.2) is 6.61 Å². The Bertz CT molecular complexity index is 460. The predicted molar refractivity (Wildman–Crippen MR) is 61.1 cm³/mol. The molecule has 0 aliphatic heterocycles. The minimum Gasteiger partial charge on any atom is -0.494 e. The van der Waals surface area contributed by atoms with Gasteiger partial charge in [0.2, 0.25) is 0 Å². The van der Waals surface area contributed by atoms with Gasteiger partial charge < -0.3 is 4.74 Å². The molecule has 0 fully saturated rings. The van der Waals surface area contributed by atoms with Crippen molar-refractivity contribution in [3.05, 3.63) is 42.0 Å². The van der Waals surface area contributed by atoms with Crippen LogP contribution in [-0.2, 0) is 6.18 Å². The van der Waals surface area contributed by atoms with Crippen molar-refractivity contribution in [3.63, 3.8) is 0 Å². The predicted octanol–water partition coefficient (Wildman–Crippen LogP) is 3.92. The summed E-state index contributed by atoms with van der Waals surface area (Å²) in [6.07, 6.45) is -1.29. The molecule has 1 aromatic rings. The normalized spacial score (nSPS) is 10.8. The molecule has 5 heteroatoms. The van der Waals surface area contributed by atoms with Gasteiger partial charge >= 0.3 is 6.18 Å². The molecule has 1 rings (SSSR count). The van der Waals surface area contributed by atoms with Gasteiger partial charge in [0.25, 0.3) is 0 Å². The lowest BCUT2D eigenvalue weighted by atomic mass is 10.1. The van der Waals surface area contributed by atoms with E-state index in [9.17, 15) is 13.2 Å². The van der Waals surface area contributed by atoms with Crippen molar-refractivity contribution in [1.29, 1.82) is 5.26 Å². The van der Waals surface area contributed by atoms with E-state index in [0.29, 0.717) is 6.61 Å². The van der Waals surface area contributed by atoms with Gasteiger partial charge in [-0.3, -0.25) is 0 Å². The van der Waals surface area contributed by atoms with E-state index in [1.54, 1.807) is 6.08 Å². The molecule has 0 bridgehead atoms. The molecule has 1 aromatic carbocycles. The molecule has 18 heavy (non-hydrogen) atoms. The SMILES string of the molecule is C=CCCCOc1ccc(C(F)(F)F)c(C#N)c1. The van der Waals surface area contributed by atoms with E-state index in [2.05, 4.69) is 6.58 Å². The average molecular weight is 255 g/mol. The Kier molecular flexibility index (Phi) is 4.78. The Balaban J connectivity index is 2.80. The third-order valence-electron chi connectivity index (χ3n) is 2.24. The van der Waals surface area contributed by atoms with E-state index < -0.39 is 17.3 Å². The van der Waals surface area contributed by atoms with Crippen LogP contribution < -0.4 is 4.74 Å². The molecule has 2 nitrogen and oxygen atoms in total. The molecule has 0 atom stereocenters. The number of unbranched alkanes of at least 4 members (excludes halogenated alkanes) is 1. The summed E-state index contributed by atoms with van der Waals surface area (Å²) in [7, 11) is 0. The summed E-state index contributed by atoms with van der Waals surface area (Å²) < 4.78 is 42.8. The average Bonchev–Trinajstić information content (AvgIpc) is 2.33. The topological polar surface area (TPSA) is 33.0 Å². The zero-order valence-corrected chi connectivity index (χ0v) is 9.63. The Morgan fingerprint density at radius 3 is 2.67 bits per heavy atom. The second-order valence-electron chi connectivity index (χ2n) is 3.60. The van der Waals surface area contributed by atoms with Gasteiger partial charge in [-0.15, -0.1) is 6.58 Å². The fraction of sp³-hybridized carbons (Fsp3) is 0.308. The Hall–Kier alpha value is -1.96. The fourth-order valence-electron chi connectivity index (χ4n) is 1.37. The third kappa shape index (κ3) is 3.81. The minimum absolute atomic E-state index is 0.267. The summed E-state index contributed by atoms with van der Waals surface area (Å²) in [4.78, 5) is 0. The second-order valence-corrected chi connectivity index (χ2v) is 3.60. The maximum atomic E-state index is 12.5. The van der Waals surface area contributed by atoms with Crippen molar-refractivity contribution in [2.75, 3.05) is 6.61 Å². The number of hydrogen-bond donors (Lipinski definition) is 0. The number of nitriles is 1. The lowest BCUT2D eigenvalue weighted by Crippen LogP contribution is -2.08. The molecule has 0 unspecified atom stereocenters. The van der Waals surface area contributed by atoms with Crippen LogP contribution in [0.1, 0.15) is 24.0 Å². The minimum atomic E-state index is -4.52. The lowest BCUT2D eigenvalue weighted by molar-refractivity contribution is -0.137. The standard InChI is InChI=1S/C13H12F3NO/c1-2-3-4-7-18-11-5-6-12(13(14,15)16)10(8-11)9-17/h2,5-6,8H,1,3-4,7H2. The van der Waals surface area contributed by atoms with Crippen LogP contribution >= 0.6 is 0 Å². The third-order valence-corrected chi connectivity index (χ3v) is 2.24. The molecule has 0 spiro atoms. The first-order chi connectivity index (χ1) is 8.49. The van der Waals surface area contributed by atoms with E-state index in [0.717, 1.165) is 25.0 Å². The van der Waals surface area contributed by atoms with Crippen LogP contribution in [0.25, 0.3) is 0 Å². The molecule has 0 amide bonds. The van der Waals surface area contributed by atoms with Crippen LogP contribution in [0.5, 0.6) is 5.75 Å². The smallest absolute Gasteiger partial charge is 0.417 e. The number of ether oxygens (including phenoxy) is 1. The Labute approximate surface area is 103 Å².